The first kappa shape index (κ1) is 13.5. The average Bonchev–Trinajstić information content (AvgIpc) is 2.75. The van der Waals surface area contributed by atoms with E-state index < -0.39 is 5.97 Å². The molecule has 0 bridgehead atoms. The Hall–Kier alpha value is -1.91. The van der Waals surface area contributed by atoms with E-state index in [1.807, 2.05) is 23.7 Å². The van der Waals surface area contributed by atoms with Crippen LogP contribution in [0, 0.1) is 12.8 Å². The fourth-order valence-corrected chi connectivity index (χ4v) is 2.13. The van der Waals surface area contributed by atoms with E-state index in [4.69, 9.17) is 5.11 Å². The molecule has 0 aromatic carbocycles. The largest absolute Gasteiger partial charge is 0.481 e. The van der Waals surface area contributed by atoms with Crippen molar-refractivity contribution in [1.29, 1.82) is 0 Å². The van der Waals surface area contributed by atoms with Crippen LogP contribution < -0.4 is 0 Å². The lowest BCUT2D eigenvalue weighted by molar-refractivity contribution is -0.136. The normalized spacial score (nSPS) is 11.4. The highest BCUT2D eigenvalue weighted by atomic mass is 16.4. The van der Waals surface area contributed by atoms with Crippen molar-refractivity contribution in [3.63, 3.8) is 0 Å². The van der Waals surface area contributed by atoms with E-state index >= 15 is 0 Å². The van der Waals surface area contributed by atoms with E-state index in [2.05, 4.69) is 23.8 Å². The van der Waals surface area contributed by atoms with Crippen molar-refractivity contribution in [3.05, 3.63) is 29.5 Å². The Balaban J connectivity index is 2.38. The number of carboxylic acids is 1. The molecule has 0 fully saturated rings. The number of hydrogen-bond acceptors (Lipinski definition) is 3. The zero-order chi connectivity index (χ0) is 14.0. The molecule has 1 N–H and O–H groups in total. The molecular formula is C14H19N3O2. The van der Waals surface area contributed by atoms with Crippen molar-refractivity contribution in [2.45, 2.75) is 40.0 Å². The second kappa shape index (κ2) is 5.38. The molecule has 2 heterocycles. The second-order valence-electron chi connectivity index (χ2n) is 5.25. The molecule has 5 nitrogen and oxygen atoms in total. The lowest BCUT2D eigenvalue weighted by Crippen LogP contribution is -2.02. The number of rotatable bonds is 5. The smallest absolute Gasteiger partial charge is 0.303 e. The molecule has 0 saturated heterocycles. The van der Waals surface area contributed by atoms with Crippen LogP contribution in [0.5, 0.6) is 0 Å². The third kappa shape index (κ3) is 3.10. The first-order valence-electron chi connectivity index (χ1n) is 6.51. The molecule has 0 radical (unpaired) electrons. The highest BCUT2D eigenvalue weighted by molar-refractivity contribution is 5.67. The maximum atomic E-state index is 10.6. The van der Waals surface area contributed by atoms with E-state index in [1.54, 1.807) is 0 Å². The summed E-state index contributed by atoms with van der Waals surface area (Å²) in [4.78, 5) is 19.6. The molecule has 0 amide bonds. The molecule has 0 aliphatic rings. The molecule has 0 aliphatic carbocycles. The van der Waals surface area contributed by atoms with Crippen molar-refractivity contribution in [3.8, 4) is 0 Å². The number of carbonyl (C=O) groups is 1. The molecule has 2 aromatic rings. The first-order valence-corrected chi connectivity index (χ1v) is 6.51. The van der Waals surface area contributed by atoms with E-state index in [-0.39, 0.29) is 6.42 Å². The van der Waals surface area contributed by atoms with Crippen molar-refractivity contribution in [2.75, 3.05) is 0 Å². The van der Waals surface area contributed by atoms with Gasteiger partial charge in [0.05, 0.1) is 12.1 Å². The summed E-state index contributed by atoms with van der Waals surface area (Å²) in [5.41, 5.74) is 2.83. The fraction of sp³-hybridized carbons (Fsp3) is 0.500. The van der Waals surface area contributed by atoms with Gasteiger partial charge in [-0.05, 0) is 19.3 Å². The predicted octanol–water partition coefficient (Wildman–Crippen LogP) is 2.25. The molecule has 19 heavy (non-hydrogen) atoms. The molecular weight excluding hydrogens is 242 g/mol. The maximum absolute atomic E-state index is 10.6. The average molecular weight is 261 g/mol. The van der Waals surface area contributed by atoms with Gasteiger partial charge in [0, 0.05) is 24.4 Å². The van der Waals surface area contributed by atoms with Gasteiger partial charge in [0.25, 0.3) is 0 Å². The van der Waals surface area contributed by atoms with Gasteiger partial charge in [-0.2, -0.15) is 0 Å². The zero-order valence-electron chi connectivity index (χ0n) is 11.6. The minimum absolute atomic E-state index is 0.107. The molecule has 0 spiro atoms. The molecule has 2 aromatic heterocycles. The van der Waals surface area contributed by atoms with Crippen molar-refractivity contribution >= 4 is 11.6 Å². The Kier molecular flexibility index (Phi) is 3.83. The Morgan fingerprint density at radius 1 is 1.47 bits per heavy atom. The van der Waals surface area contributed by atoms with Gasteiger partial charge in [0.2, 0.25) is 0 Å². The maximum Gasteiger partial charge on any atom is 0.303 e. The minimum Gasteiger partial charge on any atom is -0.481 e. The first-order chi connectivity index (χ1) is 8.97. The van der Waals surface area contributed by atoms with Gasteiger partial charge in [-0.15, -0.1) is 0 Å². The molecule has 0 unspecified atom stereocenters. The van der Waals surface area contributed by atoms with E-state index in [0.29, 0.717) is 12.3 Å². The van der Waals surface area contributed by atoms with Crippen LogP contribution in [0.1, 0.15) is 37.4 Å². The SMILES string of the molecule is Cc1ncc(CC(C)C)c2nc(CCC(=O)O)cn12. The summed E-state index contributed by atoms with van der Waals surface area (Å²) < 4.78 is 1.95. The summed E-state index contributed by atoms with van der Waals surface area (Å²) in [6.45, 7) is 6.24. The van der Waals surface area contributed by atoms with Crippen LogP contribution >= 0.6 is 0 Å². The number of aliphatic carboxylic acids is 1. The molecule has 102 valence electrons. The van der Waals surface area contributed by atoms with Crippen molar-refractivity contribution < 1.29 is 9.90 Å². The van der Waals surface area contributed by atoms with Crippen molar-refractivity contribution in [1.82, 2.24) is 14.4 Å². The van der Waals surface area contributed by atoms with Crippen LogP contribution in [0.2, 0.25) is 0 Å². The zero-order valence-corrected chi connectivity index (χ0v) is 11.6. The molecule has 0 saturated carbocycles. The van der Waals surface area contributed by atoms with Gasteiger partial charge in [-0.25, -0.2) is 9.97 Å². The van der Waals surface area contributed by atoms with Gasteiger partial charge in [0.15, 0.2) is 0 Å². The summed E-state index contributed by atoms with van der Waals surface area (Å²) in [7, 11) is 0. The van der Waals surface area contributed by atoms with Gasteiger partial charge in [-0.3, -0.25) is 9.20 Å². The van der Waals surface area contributed by atoms with E-state index in [0.717, 1.165) is 29.1 Å². The van der Waals surface area contributed by atoms with Crippen molar-refractivity contribution in [2.24, 2.45) is 5.92 Å². The molecule has 0 atom stereocenters. The Bertz CT molecular complexity index is 602. The van der Waals surface area contributed by atoms with Crippen LogP contribution in [-0.4, -0.2) is 25.4 Å². The van der Waals surface area contributed by atoms with Crippen LogP contribution in [0.3, 0.4) is 0 Å². The lowest BCUT2D eigenvalue weighted by atomic mass is 10.1. The Morgan fingerprint density at radius 3 is 2.84 bits per heavy atom. The number of nitrogens with zero attached hydrogens (tertiary/aromatic N) is 3. The summed E-state index contributed by atoms with van der Waals surface area (Å²) in [6.07, 6.45) is 5.25. The minimum atomic E-state index is -0.797. The van der Waals surface area contributed by atoms with Crippen LogP contribution in [0.15, 0.2) is 12.4 Å². The van der Waals surface area contributed by atoms with E-state index in [9.17, 15) is 4.79 Å². The van der Waals surface area contributed by atoms with Crippen LogP contribution in [-0.2, 0) is 17.6 Å². The number of fused-ring (bicyclic) bond motifs is 1. The quantitative estimate of drug-likeness (QED) is 0.896. The third-order valence-corrected chi connectivity index (χ3v) is 3.02. The Labute approximate surface area is 112 Å². The highest BCUT2D eigenvalue weighted by Gasteiger charge is 2.11. The second-order valence-corrected chi connectivity index (χ2v) is 5.25. The molecule has 0 aliphatic heterocycles. The summed E-state index contributed by atoms with van der Waals surface area (Å²) in [5, 5.41) is 8.73. The number of carboxylic acid groups (broad SMARTS) is 1. The lowest BCUT2D eigenvalue weighted by Gasteiger charge is -2.07. The number of aromatic nitrogens is 3. The molecule has 5 heteroatoms. The standard InChI is InChI=1S/C14H19N3O2/c1-9(2)6-11-7-15-10(3)17-8-12(16-14(11)17)4-5-13(18)19/h7-9H,4-6H2,1-3H3,(H,18,19). The fourth-order valence-electron chi connectivity index (χ4n) is 2.13. The van der Waals surface area contributed by atoms with Gasteiger partial charge >= 0.3 is 5.97 Å². The number of aryl methyl sites for hydroxylation is 2. The van der Waals surface area contributed by atoms with Crippen LogP contribution in [0.4, 0.5) is 0 Å². The Morgan fingerprint density at radius 2 is 2.21 bits per heavy atom. The monoisotopic (exact) mass is 261 g/mol. The predicted molar refractivity (Wildman–Crippen MR) is 72.2 cm³/mol. The third-order valence-electron chi connectivity index (χ3n) is 3.02. The summed E-state index contributed by atoms with van der Waals surface area (Å²) in [5.74, 6) is 0.610. The van der Waals surface area contributed by atoms with Gasteiger partial charge < -0.3 is 5.11 Å². The molecule has 2 rings (SSSR count). The number of hydrogen-bond donors (Lipinski definition) is 1. The topological polar surface area (TPSA) is 67.5 Å². The highest BCUT2D eigenvalue weighted by Crippen LogP contribution is 2.16. The van der Waals surface area contributed by atoms with Crippen LogP contribution in [0.25, 0.3) is 5.65 Å². The summed E-state index contributed by atoms with van der Waals surface area (Å²) >= 11 is 0. The van der Waals surface area contributed by atoms with Gasteiger partial charge in [-0.1, -0.05) is 13.8 Å². The summed E-state index contributed by atoms with van der Waals surface area (Å²) in [6, 6.07) is 0. The number of imidazole rings is 1. The van der Waals surface area contributed by atoms with Gasteiger partial charge in [0.1, 0.15) is 11.5 Å². The van der Waals surface area contributed by atoms with E-state index in [1.165, 1.54) is 0 Å².